The lowest BCUT2D eigenvalue weighted by Crippen LogP contribution is -2.42. The Hall–Kier alpha value is -3.04. The molecule has 9 heteroatoms. The molecule has 1 fully saturated rings. The Labute approximate surface area is 193 Å². The van der Waals surface area contributed by atoms with Gasteiger partial charge < -0.3 is 9.88 Å². The molecule has 1 aromatic heterocycles. The molecule has 1 aliphatic rings. The molecule has 0 bridgehead atoms. The van der Waals surface area contributed by atoms with E-state index >= 15 is 0 Å². The van der Waals surface area contributed by atoms with E-state index in [0.29, 0.717) is 47.2 Å². The summed E-state index contributed by atoms with van der Waals surface area (Å²) in [5.41, 5.74) is 0.667. The van der Waals surface area contributed by atoms with Crippen LogP contribution in [0.25, 0.3) is 10.9 Å². The Bertz CT molecular complexity index is 1320. The van der Waals surface area contributed by atoms with E-state index in [1.165, 1.54) is 33.5 Å². The molecule has 0 spiro atoms. The van der Waals surface area contributed by atoms with Gasteiger partial charge in [0.15, 0.2) is 0 Å². The number of hydrogen-bond acceptors (Lipinski definition) is 5. The smallest absolute Gasteiger partial charge is 0.258 e. The number of aromatic amines is 1. The van der Waals surface area contributed by atoms with Crippen molar-refractivity contribution >= 4 is 26.8 Å². The maximum atomic E-state index is 13.1. The van der Waals surface area contributed by atoms with Crippen molar-refractivity contribution in [1.82, 2.24) is 19.2 Å². The third kappa shape index (κ3) is 4.84. The molecule has 1 N–H and O–H groups in total. The van der Waals surface area contributed by atoms with Gasteiger partial charge in [0.1, 0.15) is 5.82 Å². The molecule has 2 heterocycles. The monoisotopic (exact) mass is 468 g/mol. The first-order chi connectivity index (χ1) is 15.6. The van der Waals surface area contributed by atoms with E-state index < -0.39 is 10.0 Å². The van der Waals surface area contributed by atoms with Gasteiger partial charge >= 0.3 is 0 Å². The predicted octanol–water partition coefficient (Wildman–Crippen LogP) is 2.86. The standard InChI is InChI=1S/C24H28N4O4S/c1-16-12-17(2)14-28(13-16)33(31,32)19-10-8-18(9-11-19)24(30)27(3)15-22-25-21-7-5-4-6-20(21)23(29)26-22/h4-11,16-17H,12-15H2,1-3H3,(H,25,26,29)/t16-,17-/m1/s1. The van der Waals surface area contributed by atoms with Crippen LogP contribution in [0.1, 0.15) is 36.5 Å². The minimum atomic E-state index is -3.61. The number of carbonyl (C=O) groups is 1. The van der Waals surface area contributed by atoms with Crippen LogP contribution in [0.3, 0.4) is 0 Å². The number of aromatic nitrogens is 2. The van der Waals surface area contributed by atoms with Gasteiger partial charge in [-0.05, 0) is 54.7 Å². The molecule has 8 nitrogen and oxygen atoms in total. The summed E-state index contributed by atoms with van der Waals surface area (Å²) in [6.07, 6.45) is 1.02. The molecule has 0 aliphatic carbocycles. The van der Waals surface area contributed by atoms with Crippen LogP contribution in [0.15, 0.2) is 58.2 Å². The van der Waals surface area contributed by atoms with Gasteiger partial charge in [-0.2, -0.15) is 4.31 Å². The summed E-state index contributed by atoms with van der Waals surface area (Å²) in [7, 11) is -2.00. The molecule has 2 atom stereocenters. The first kappa shape index (κ1) is 23.1. The van der Waals surface area contributed by atoms with Crippen LogP contribution in [0, 0.1) is 11.8 Å². The number of H-pyrrole nitrogens is 1. The van der Waals surface area contributed by atoms with Gasteiger partial charge in [-0.15, -0.1) is 0 Å². The van der Waals surface area contributed by atoms with Gasteiger partial charge in [-0.25, -0.2) is 13.4 Å². The first-order valence-corrected chi connectivity index (χ1v) is 12.4. The number of sulfonamides is 1. The highest BCUT2D eigenvalue weighted by Crippen LogP contribution is 2.27. The largest absolute Gasteiger partial charge is 0.334 e. The molecule has 4 rings (SSSR count). The van der Waals surface area contributed by atoms with E-state index in [1.807, 2.05) is 0 Å². The molecule has 174 valence electrons. The SMILES string of the molecule is C[C@@H]1C[C@@H](C)CN(S(=O)(=O)c2ccc(C(=O)N(C)Cc3nc4ccccc4c(=O)[nH]3)cc2)C1. The summed E-state index contributed by atoms with van der Waals surface area (Å²) in [6, 6.07) is 13.0. The van der Waals surface area contributed by atoms with Gasteiger partial charge in [-0.3, -0.25) is 9.59 Å². The molecule has 1 saturated heterocycles. The summed E-state index contributed by atoms with van der Waals surface area (Å²) in [4.78, 5) is 33.9. The molecule has 33 heavy (non-hydrogen) atoms. The Morgan fingerprint density at radius 3 is 2.39 bits per heavy atom. The topological polar surface area (TPSA) is 103 Å². The Balaban J connectivity index is 1.49. The summed E-state index contributed by atoms with van der Waals surface area (Å²) in [5, 5.41) is 0.490. The number of nitrogens with zero attached hydrogens (tertiary/aromatic N) is 3. The summed E-state index contributed by atoms with van der Waals surface area (Å²) in [5.74, 6) is 0.707. The molecule has 0 radical (unpaired) electrons. The van der Waals surface area contributed by atoms with Crippen molar-refractivity contribution in [2.45, 2.75) is 31.7 Å². The fourth-order valence-corrected chi connectivity index (χ4v) is 6.13. The quantitative estimate of drug-likeness (QED) is 0.620. The number of para-hydroxylation sites is 1. The van der Waals surface area contributed by atoms with Gasteiger partial charge in [0, 0.05) is 25.7 Å². The minimum Gasteiger partial charge on any atom is -0.334 e. The third-order valence-electron chi connectivity index (χ3n) is 5.97. The van der Waals surface area contributed by atoms with Gasteiger partial charge in [0.2, 0.25) is 10.0 Å². The maximum absolute atomic E-state index is 13.1. The minimum absolute atomic E-state index is 0.114. The van der Waals surface area contributed by atoms with Crippen molar-refractivity contribution in [1.29, 1.82) is 0 Å². The average molecular weight is 469 g/mol. The number of nitrogens with one attached hydrogen (secondary N) is 1. The van der Waals surface area contributed by atoms with Crippen molar-refractivity contribution in [2.75, 3.05) is 20.1 Å². The number of amides is 1. The lowest BCUT2D eigenvalue weighted by atomic mass is 9.94. The van der Waals surface area contributed by atoms with Crippen LogP contribution in [0.2, 0.25) is 0 Å². The van der Waals surface area contributed by atoms with Crippen molar-refractivity contribution < 1.29 is 13.2 Å². The van der Waals surface area contributed by atoms with E-state index in [2.05, 4.69) is 23.8 Å². The molecular formula is C24H28N4O4S. The zero-order chi connectivity index (χ0) is 23.8. The number of benzene rings is 2. The highest BCUT2D eigenvalue weighted by molar-refractivity contribution is 7.89. The first-order valence-electron chi connectivity index (χ1n) is 11.0. The van der Waals surface area contributed by atoms with Crippen LogP contribution in [0.4, 0.5) is 0 Å². The molecule has 2 aromatic carbocycles. The van der Waals surface area contributed by atoms with Gasteiger partial charge in [0.05, 0.1) is 22.3 Å². The van der Waals surface area contributed by atoms with E-state index in [1.54, 1.807) is 31.3 Å². The fraction of sp³-hybridized carbons (Fsp3) is 0.375. The van der Waals surface area contributed by atoms with Crippen LogP contribution in [-0.4, -0.2) is 53.6 Å². The second-order valence-electron chi connectivity index (χ2n) is 8.98. The van der Waals surface area contributed by atoms with Gasteiger partial charge in [-0.1, -0.05) is 26.0 Å². The van der Waals surface area contributed by atoms with E-state index in [-0.39, 0.29) is 22.9 Å². The number of carbonyl (C=O) groups excluding carboxylic acids is 1. The second kappa shape index (κ2) is 9.07. The van der Waals surface area contributed by atoms with E-state index in [0.717, 1.165) is 6.42 Å². The zero-order valence-corrected chi connectivity index (χ0v) is 19.8. The van der Waals surface area contributed by atoms with Crippen molar-refractivity contribution in [3.8, 4) is 0 Å². The summed E-state index contributed by atoms with van der Waals surface area (Å²) in [6.45, 7) is 5.25. The fourth-order valence-electron chi connectivity index (χ4n) is 4.45. The third-order valence-corrected chi connectivity index (χ3v) is 7.82. The maximum Gasteiger partial charge on any atom is 0.258 e. The van der Waals surface area contributed by atoms with E-state index in [4.69, 9.17) is 0 Å². The van der Waals surface area contributed by atoms with Crippen molar-refractivity contribution in [3.63, 3.8) is 0 Å². The number of piperidine rings is 1. The normalized spacial score (nSPS) is 19.5. The van der Waals surface area contributed by atoms with Crippen LogP contribution >= 0.6 is 0 Å². The Morgan fingerprint density at radius 2 is 1.73 bits per heavy atom. The Morgan fingerprint density at radius 1 is 1.09 bits per heavy atom. The zero-order valence-electron chi connectivity index (χ0n) is 19.0. The van der Waals surface area contributed by atoms with Crippen LogP contribution in [-0.2, 0) is 16.6 Å². The molecule has 3 aromatic rings. The second-order valence-corrected chi connectivity index (χ2v) is 10.9. The molecule has 0 saturated carbocycles. The lowest BCUT2D eigenvalue weighted by Gasteiger charge is -2.34. The van der Waals surface area contributed by atoms with Crippen LogP contribution in [0.5, 0.6) is 0 Å². The lowest BCUT2D eigenvalue weighted by molar-refractivity contribution is 0.0781. The Kier molecular flexibility index (Phi) is 6.36. The summed E-state index contributed by atoms with van der Waals surface area (Å²) >= 11 is 0. The number of rotatable bonds is 5. The van der Waals surface area contributed by atoms with E-state index in [9.17, 15) is 18.0 Å². The molecular weight excluding hydrogens is 440 g/mol. The van der Waals surface area contributed by atoms with Crippen LogP contribution < -0.4 is 5.56 Å². The predicted molar refractivity (Wildman–Crippen MR) is 126 cm³/mol. The molecule has 1 aliphatic heterocycles. The average Bonchev–Trinajstić information content (AvgIpc) is 2.78. The molecule has 1 amide bonds. The molecule has 0 unspecified atom stereocenters. The van der Waals surface area contributed by atoms with Crippen molar-refractivity contribution in [2.24, 2.45) is 11.8 Å². The number of hydrogen-bond donors (Lipinski definition) is 1. The number of fused-ring (bicyclic) bond motifs is 1. The highest BCUT2D eigenvalue weighted by atomic mass is 32.2. The van der Waals surface area contributed by atoms with Crippen molar-refractivity contribution in [3.05, 3.63) is 70.3 Å². The highest BCUT2D eigenvalue weighted by Gasteiger charge is 2.31. The summed E-state index contributed by atoms with van der Waals surface area (Å²) < 4.78 is 27.7. The van der Waals surface area contributed by atoms with Gasteiger partial charge in [0.25, 0.3) is 11.5 Å².